The highest BCUT2D eigenvalue weighted by molar-refractivity contribution is 7.89. The molecular weight excluding hydrogens is 623 g/mol. The fourth-order valence-corrected chi connectivity index (χ4v) is 7.35. The molecule has 45 heavy (non-hydrogen) atoms. The lowest BCUT2D eigenvalue weighted by Gasteiger charge is -2.31. The van der Waals surface area contributed by atoms with Gasteiger partial charge in [-0.1, -0.05) is 26.0 Å². The third-order valence-corrected chi connectivity index (χ3v) is 10.2. The predicted octanol–water partition coefficient (Wildman–Crippen LogP) is 3.76. The Morgan fingerprint density at radius 2 is 1.73 bits per heavy atom. The molecule has 0 aromatic heterocycles. The van der Waals surface area contributed by atoms with E-state index >= 15 is 0 Å². The number of nitrogens with zero attached hydrogens (tertiary/aromatic N) is 1. The van der Waals surface area contributed by atoms with Crippen molar-refractivity contribution in [2.24, 2.45) is 11.8 Å². The van der Waals surface area contributed by atoms with Gasteiger partial charge in [-0.2, -0.15) is 4.31 Å². The van der Waals surface area contributed by atoms with Crippen molar-refractivity contribution in [2.45, 2.75) is 56.1 Å². The summed E-state index contributed by atoms with van der Waals surface area (Å²) in [7, 11) is -4.87. The van der Waals surface area contributed by atoms with Crippen molar-refractivity contribution in [3.63, 3.8) is 0 Å². The van der Waals surface area contributed by atoms with E-state index in [1.54, 1.807) is 49.7 Å². The Bertz CT molecular complexity index is 1410. The first-order valence-electron chi connectivity index (χ1n) is 15.0. The highest BCUT2D eigenvalue weighted by Gasteiger charge is 2.44. The number of sulfonamides is 1. The van der Waals surface area contributed by atoms with E-state index in [1.165, 1.54) is 23.5 Å². The SMILES string of the molecule is COc1ccc(S(=O)(=O)N(CC(C)C)C[C@@H](O)[C@H](Cc2ccc(OCP(C)(C)=O)cc2)NC(=O)O[C@H]2CO[C@H]3OCC[C@H]32)cc1. The van der Waals surface area contributed by atoms with Gasteiger partial charge in [-0.25, -0.2) is 13.2 Å². The van der Waals surface area contributed by atoms with Gasteiger partial charge in [0.1, 0.15) is 31.1 Å². The van der Waals surface area contributed by atoms with Crippen LogP contribution in [0.2, 0.25) is 0 Å². The van der Waals surface area contributed by atoms with Crippen molar-refractivity contribution in [3.05, 3.63) is 54.1 Å². The number of nitrogens with one attached hydrogen (secondary N) is 1. The fraction of sp³-hybridized carbons (Fsp3) is 0.581. The molecule has 0 radical (unpaired) electrons. The van der Waals surface area contributed by atoms with Gasteiger partial charge in [-0.15, -0.1) is 0 Å². The minimum atomic E-state index is -4.00. The van der Waals surface area contributed by atoms with Gasteiger partial charge in [0, 0.05) is 13.1 Å². The predicted molar refractivity (Wildman–Crippen MR) is 169 cm³/mol. The molecule has 2 aromatic rings. The van der Waals surface area contributed by atoms with E-state index in [0.717, 1.165) is 5.56 Å². The zero-order valence-electron chi connectivity index (χ0n) is 26.5. The summed E-state index contributed by atoms with van der Waals surface area (Å²) < 4.78 is 68.3. The number of hydrogen-bond donors (Lipinski definition) is 2. The van der Waals surface area contributed by atoms with Crippen molar-refractivity contribution in [3.8, 4) is 11.5 Å². The Morgan fingerprint density at radius 1 is 1.07 bits per heavy atom. The van der Waals surface area contributed by atoms with Crippen LogP contribution in [0.25, 0.3) is 0 Å². The van der Waals surface area contributed by atoms with Gasteiger partial charge in [0.25, 0.3) is 0 Å². The summed E-state index contributed by atoms with van der Waals surface area (Å²) in [4.78, 5) is 13.2. The largest absolute Gasteiger partial charge is 0.497 e. The van der Waals surface area contributed by atoms with E-state index in [-0.39, 0.29) is 49.2 Å². The third-order valence-electron chi connectivity index (χ3n) is 7.59. The average Bonchev–Trinajstić information content (AvgIpc) is 3.60. The van der Waals surface area contributed by atoms with Crippen molar-refractivity contribution in [1.82, 2.24) is 9.62 Å². The van der Waals surface area contributed by atoms with Gasteiger partial charge >= 0.3 is 6.09 Å². The number of carbonyl (C=O) groups excluding carboxylic acids is 1. The summed E-state index contributed by atoms with van der Waals surface area (Å²) in [6.45, 7) is 7.68. The quantitative estimate of drug-likeness (QED) is 0.269. The van der Waals surface area contributed by atoms with E-state index < -0.39 is 47.8 Å². The maximum Gasteiger partial charge on any atom is 0.407 e. The van der Waals surface area contributed by atoms with Crippen LogP contribution < -0.4 is 14.8 Å². The topological polar surface area (TPSA) is 150 Å². The zero-order valence-corrected chi connectivity index (χ0v) is 28.2. The normalized spacial score (nSPS) is 21.4. The fourth-order valence-electron chi connectivity index (χ4n) is 5.27. The van der Waals surface area contributed by atoms with Crippen LogP contribution in [0, 0.1) is 11.8 Å². The Hall–Kier alpha value is -2.67. The lowest BCUT2D eigenvalue weighted by molar-refractivity contribution is -0.0907. The van der Waals surface area contributed by atoms with Gasteiger partial charge in [-0.05, 0) is 74.1 Å². The standard InChI is InChI=1S/C31H45N2O10PS/c1-21(2)17-33(45(37,38)25-12-10-23(39-3)11-13-25)18-28(34)27(16-22-6-8-24(9-7-22)42-20-44(4,5)36)32-31(35)43-29-19-41-30-26(29)14-15-40-30/h6-13,21,26-30,34H,14-20H2,1-5H3,(H,32,35)/t26-,27-,28+,29-,30+/m0/s1. The smallest absolute Gasteiger partial charge is 0.407 e. The lowest BCUT2D eigenvalue weighted by Crippen LogP contribution is -2.51. The molecule has 2 saturated heterocycles. The van der Waals surface area contributed by atoms with Gasteiger partial charge < -0.3 is 38.7 Å². The molecule has 0 unspecified atom stereocenters. The van der Waals surface area contributed by atoms with Crippen LogP contribution in [0.4, 0.5) is 4.79 Å². The van der Waals surface area contributed by atoms with Crippen molar-refractivity contribution in [1.29, 1.82) is 0 Å². The van der Waals surface area contributed by atoms with Crippen LogP contribution in [-0.2, 0) is 35.2 Å². The van der Waals surface area contributed by atoms with Gasteiger partial charge in [0.2, 0.25) is 10.0 Å². The molecule has 1 amide bonds. The Balaban J connectivity index is 1.53. The van der Waals surface area contributed by atoms with Crippen LogP contribution in [-0.4, -0.2) is 102 Å². The second-order valence-corrected chi connectivity index (χ2v) is 17.7. The number of amides is 1. The highest BCUT2D eigenvalue weighted by Crippen LogP contribution is 2.36. The highest BCUT2D eigenvalue weighted by atomic mass is 32.2. The molecular formula is C31H45N2O10PS. The minimum absolute atomic E-state index is 0.0420. The second kappa shape index (κ2) is 15.3. The first-order valence-corrected chi connectivity index (χ1v) is 19.3. The number of aliphatic hydroxyl groups is 1. The molecule has 2 fully saturated rings. The molecule has 2 N–H and O–H groups in total. The minimum Gasteiger partial charge on any atom is -0.497 e. The number of methoxy groups -OCH3 is 1. The molecule has 4 rings (SSSR count). The van der Waals surface area contributed by atoms with Gasteiger partial charge in [0.05, 0.1) is 43.3 Å². The van der Waals surface area contributed by atoms with Gasteiger partial charge in [0.15, 0.2) is 6.29 Å². The molecule has 0 aliphatic carbocycles. The van der Waals surface area contributed by atoms with E-state index in [1.807, 2.05) is 13.8 Å². The number of alkyl carbamates (subject to hydrolysis) is 1. The number of rotatable bonds is 15. The molecule has 2 aliphatic heterocycles. The van der Waals surface area contributed by atoms with E-state index in [2.05, 4.69) is 5.32 Å². The summed E-state index contributed by atoms with van der Waals surface area (Å²) in [5, 5.41) is 14.3. The summed E-state index contributed by atoms with van der Waals surface area (Å²) in [6, 6.07) is 12.2. The van der Waals surface area contributed by atoms with Crippen molar-refractivity contribution in [2.75, 3.05) is 53.1 Å². The van der Waals surface area contributed by atoms with E-state index in [9.17, 15) is 22.9 Å². The molecule has 5 atom stereocenters. The van der Waals surface area contributed by atoms with Crippen molar-refractivity contribution < 1.29 is 46.6 Å². The molecule has 2 aliphatic rings. The first-order chi connectivity index (χ1) is 21.2. The molecule has 0 saturated carbocycles. The number of hydrogen-bond acceptors (Lipinski definition) is 10. The molecule has 12 nitrogen and oxygen atoms in total. The lowest BCUT2D eigenvalue weighted by atomic mass is 10.0. The van der Waals surface area contributed by atoms with Crippen molar-refractivity contribution >= 4 is 23.3 Å². The Labute approximate surface area is 265 Å². The van der Waals surface area contributed by atoms with Crippen LogP contribution >= 0.6 is 7.14 Å². The van der Waals surface area contributed by atoms with Gasteiger partial charge in [-0.3, -0.25) is 0 Å². The summed E-state index contributed by atoms with van der Waals surface area (Å²) >= 11 is 0. The monoisotopic (exact) mass is 668 g/mol. The maximum atomic E-state index is 13.7. The summed E-state index contributed by atoms with van der Waals surface area (Å²) in [6.07, 6.45) is -1.94. The number of fused-ring (bicyclic) bond motifs is 1. The molecule has 2 heterocycles. The Kier molecular flexibility index (Phi) is 11.9. The Morgan fingerprint density at radius 3 is 2.36 bits per heavy atom. The molecule has 14 heteroatoms. The van der Waals surface area contributed by atoms with E-state index in [0.29, 0.717) is 24.5 Å². The number of ether oxygens (including phenoxy) is 5. The third kappa shape index (κ3) is 9.91. The second-order valence-electron chi connectivity index (χ2n) is 12.4. The van der Waals surface area contributed by atoms with E-state index in [4.69, 9.17) is 23.7 Å². The zero-order chi connectivity index (χ0) is 32.8. The van der Waals surface area contributed by atoms with Crippen LogP contribution in [0.3, 0.4) is 0 Å². The number of carbonyl (C=O) groups is 1. The summed E-state index contributed by atoms with van der Waals surface area (Å²) in [5.41, 5.74) is 0.754. The first kappa shape index (κ1) is 35.2. The number of aliphatic hydroxyl groups excluding tert-OH is 1. The molecule has 2 aromatic carbocycles. The maximum absolute atomic E-state index is 13.7. The molecule has 0 spiro atoms. The molecule has 250 valence electrons. The van der Waals surface area contributed by atoms with Crippen LogP contribution in [0.5, 0.6) is 11.5 Å². The van der Waals surface area contributed by atoms with Crippen LogP contribution in [0.1, 0.15) is 25.8 Å². The average molecular weight is 669 g/mol. The molecule has 0 bridgehead atoms. The van der Waals surface area contributed by atoms with Crippen LogP contribution in [0.15, 0.2) is 53.4 Å². The summed E-state index contributed by atoms with van der Waals surface area (Å²) in [5.74, 6) is 0.949. The number of benzene rings is 2.